The van der Waals surface area contributed by atoms with Gasteiger partial charge in [-0.15, -0.1) is 32.8 Å². The maximum absolute atomic E-state index is 6.43. The van der Waals surface area contributed by atoms with Gasteiger partial charge in [0.1, 0.15) is 141 Å². The van der Waals surface area contributed by atoms with Gasteiger partial charge >= 0.3 is 0 Å². The van der Waals surface area contributed by atoms with Crippen LogP contribution >= 0.6 is 0 Å². The van der Waals surface area contributed by atoms with Gasteiger partial charge in [-0.2, -0.15) is 0 Å². The van der Waals surface area contributed by atoms with Gasteiger partial charge in [-0.05, 0) is 22.3 Å². The number of hydrogen-bond donors (Lipinski definition) is 1. The van der Waals surface area contributed by atoms with Crippen molar-refractivity contribution in [3.8, 4) is 22.3 Å². The Kier molecular flexibility index (Phi) is 9.40. The zero-order valence-corrected chi connectivity index (χ0v) is 22.9. The van der Waals surface area contributed by atoms with Crippen LogP contribution in [0.3, 0.4) is 0 Å². The van der Waals surface area contributed by atoms with Crippen molar-refractivity contribution in [2.24, 2.45) is 0 Å². The second kappa shape index (κ2) is 12.0. The Hall–Kier alpha value is -2.15. The van der Waals surface area contributed by atoms with Crippen LogP contribution < -0.4 is 104 Å². The predicted molar refractivity (Wildman–Crippen MR) is 204 cm³/mol. The second-order valence-corrected chi connectivity index (χ2v) is 9.82. The molecule has 4 aromatic carbocycles. The number of nitrogens with one attached hydrogen (secondary N) is 1. The highest BCUT2D eigenvalue weighted by atomic mass is 14.9. The molecule has 0 fully saturated rings. The molecule has 0 amide bonds. The Labute approximate surface area is 277 Å². The van der Waals surface area contributed by atoms with E-state index in [-0.39, 0.29) is 132 Å². The van der Waals surface area contributed by atoms with Gasteiger partial charge in [0.05, 0.1) is 0 Å². The molecule has 1 nitrogen and oxygen atoms in total. The highest BCUT2D eigenvalue weighted by molar-refractivity contribution is 6.73. The molecule has 0 heterocycles. The third-order valence-corrected chi connectivity index (χ3v) is 7.46. The van der Waals surface area contributed by atoms with E-state index in [0.717, 1.165) is 0 Å². The fourth-order valence-corrected chi connectivity index (χ4v) is 4.83. The largest absolute Gasteiger partial charge is 0.358 e. The van der Waals surface area contributed by atoms with Crippen LogP contribution in [0.25, 0.3) is 22.3 Å². The number of benzene rings is 4. The number of anilines is 2. The minimum absolute atomic E-state index is 0.00689. The van der Waals surface area contributed by atoms with Crippen LogP contribution in [-0.4, -0.2) is 141 Å². The van der Waals surface area contributed by atoms with Crippen LogP contribution in [-0.2, 0) is 0 Å². The zero-order chi connectivity index (χ0) is 32.6. The summed E-state index contributed by atoms with van der Waals surface area (Å²) in [5, 5.41) is 2.94. The van der Waals surface area contributed by atoms with Gasteiger partial charge in [0, 0.05) is 11.4 Å². The molecular weight excluding hydrogens is 497 g/mol. The van der Waals surface area contributed by atoms with E-state index in [1.165, 1.54) is 0 Å². The molecule has 43 heavy (non-hydrogen) atoms. The van der Waals surface area contributed by atoms with Crippen molar-refractivity contribution in [3.63, 3.8) is 0 Å². The first-order valence-electron chi connectivity index (χ1n) is 12.2. The predicted octanol–water partition coefficient (Wildman–Crippen LogP) is -14.9. The topological polar surface area (TPSA) is 12.0 Å². The monoisotopic (exact) mass is 501 g/mol. The van der Waals surface area contributed by atoms with E-state index in [0.29, 0.717) is 0 Å². The van der Waals surface area contributed by atoms with Gasteiger partial charge in [0.15, 0.2) is 0 Å². The summed E-state index contributed by atoms with van der Waals surface area (Å²) < 4.78 is 0. The maximum atomic E-state index is 6.43. The minimum atomic E-state index is -0.0953. The van der Waals surface area contributed by atoms with Crippen LogP contribution in [0.15, 0.2) is 0 Å². The summed E-state index contributed by atoms with van der Waals surface area (Å²) in [6, 6.07) is 0. The van der Waals surface area contributed by atoms with Crippen molar-refractivity contribution in [1.82, 2.24) is 0 Å². The molecule has 0 aliphatic rings. The molecule has 0 aliphatic heterocycles. The second-order valence-electron chi connectivity index (χ2n) is 9.82. The maximum Gasteiger partial charge on any atom is 0.115 e. The molecule has 19 heteroatoms. The van der Waals surface area contributed by atoms with Crippen molar-refractivity contribution in [2.75, 3.05) is 5.32 Å². The van der Waals surface area contributed by atoms with E-state index in [2.05, 4.69) is 5.32 Å². The normalized spacial score (nSPS) is 11.1. The Morgan fingerprint density at radius 2 is 0.326 bits per heavy atom. The SMILES string of the molecule is [B]c1c([B])c([B])c(-c2c([B])c([B])c(Nc3c([B])c([B])c(-c4c([B])c([B])c([B])c([B])c4[B])c([B])c3[B])c([B])c2[B])c([B])c1[B]. The van der Waals surface area contributed by atoms with E-state index < -0.39 is 0 Å². The Bertz CT molecular complexity index is 1630. The van der Waals surface area contributed by atoms with Crippen molar-refractivity contribution in [3.05, 3.63) is 0 Å². The third-order valence-electron chi connectivity index (χ3n) is 7.46. The summed E-state index contributed by atoms with van der Waals surface area (Å²) in [4.78, 5) is 0. The lowest BCUT2D eigenvalue weighted by Gasteiger charge is -2.31. The highest BCUT2D eigenvalue weighted by Gasteiger charge is 2.22. The molecule has 36 radical (unpaired) electrons. The zero-order valence-electron chi connectivity index (χ0n) is 22.9. The highest BCUT2D eigenvalue weighted by Crippen LogP contribution is 2.14. The number of rotatable bonds is 4. The van der Waals surface area contributed by atoms with Crippen LogP contribution in [0.2, 0.25) is 0 Å². The third kappa shape index (κ3) is 5.10. The standard InChI is InChI=1S/C24HB18N/c25-5-1(6(26)14(34)17(37)13(5)33)3-9(29)19(39)23(20(40)10(3)30)43-24-21(41)11(31)4(12(32)22(24)42)2-7(27)15(35)18(38)16(36)8(2)28/h43H. The molecule has 4 aromatic rings. The summed E-state index contributed by atoms with van der Waals surface area (Å²) >= 11 is 0. The Balaban J connectivity index is 1.97. The molecule has 0 unspecified atom stereocenters. The van der Waals surface area contributed by atoms with Gasteiger partial charge < -0.3 is 5.32 Å². The van der Waals surface area contributed by atoms with E-state index in [4.69, 9.17) is 141 Å². The van der Waals surface area contributed by atoms with Crippen LogP contribution in [0.4, 0.5) is 11.4 Å². The molecule has 4 rings (SSSR count). The molecule has 0 aliphatic carbocycles. The van der Waals surface area contributed by atoms with E-state index in [9.17, 15) is 0 Å². The lowest BCUT2D eigenvalue weighted by molar-refractivity contribution is 1.69. The lowest BCUT2D eigenvalue weighted by atomic mass is 9.56. The van der Waals surface area contributed by atoms with Crippen molar-refractivity contribution < 1.29 is 0 Å². The number of hydrogen-bond acceptors (Lipinski definition) is 1. The van der Waals surface area contributed by atoms with E-state index in [1.54, 1.807) is 0 Å². The van der Waals surface area contributed by atoms with Crippen LogP contribution in [0.5, 0.6) is 0 Å². The summed E-state index contributed by atoms with van der Waals surface area (Å²) in [6.45, 7) is 0. The van der Waals surface area contributed by atoms with Gasteiger partial charge in [-0.3, -0.25) is 0 Å². The average Bonchev–Trinajstić information content (AvgIpc) is 2.98. The first kappa shape index (κ1) is 33.7. The quantitative estimate of drug-likeness (QED) is 0.276. The molecule has 0 spiro atoms. The average molecular weight is 498 g/mol. The first-order chi connectivity index (χ1) is 19.9. The van der Waals surface area contributed by atoms with Crippen molar-refractivity contribution >= 4 is 251 Å². The van der Waals surface area contributed by atoms with Gasteiger partial charge in [-0.25, -0.2) is 0 Å². The Morgan fingerprint density at radius 1 is 0.186 bits per heavy atom. The van der Waals surface area contributed by atoms with E-state index in [1.807, 2.05) is 0 Å². The molecule has 0 aromatic heterocycles. The van der Waals surface area contributed by atoms with Gasteiger partial charge in [0.25, 0.3) is 0 Å². The molecule has 0 saturated carbocycles. The van der Waals surface area contributed by atoms with Crippen LogP contribution in [0.1, 0.15) is 0 Å². The first-order valence-corrected chi connectivity index (χ1v) is 12.2. The lowest BCUT2D eigenvalue weighted by Crippen LogP contribution is -2.57. The van der Waals surface area contributed by atoms with E-state index >= 15 is 0 Å². The summed E-state index contributed by atoms with van der Waals surface area (Å²) in [7, 11) is 112. The van der Waals surface area contributed by atoms with Gasteiger partial charge in [-0.1, -0.05) is 65.6 Å². The summed E-state index contributed by atoms with van der Waals surface area (Å²) in [5.41, 5.74) is -0.616. The molecule has 1 N–H and O–H groups in total. The van der Waals surface area contributed by atoms with Crippen LogP contribution in [0, 0.1) is 0 Å². The molecular formula is C24HB18N. The Morgan fingerprint density at radius 3 is 0.512 bits per heavy atom. The summed E-state index contributed by atoms with van der Waals surface area (Å²) in [6.07, 6.45) is 0. The molecule has 0 saturated heterocycles. The smallest absolute Gasteiger partial charge is 0.115 e. The van der Waals surface area contributed by atoms with Gasteiger partial charge in [0.2, 0.25) is 0 Å². The fraction of sp³-hybridized carbons (Fsp3) is 0. The fourth-order valence-electron chi connectivity index (χ4n) is 4.83. The summed E-state index contributed by atoms with van der Waals surface area (Å²) in [5.74, 6) is 0. The molecule has 0 atom stereocenters. The van der Waals surface area contributed by atoms with Crippen molar-refractivity contribution in [1.29, 1.82) is 0 Å². The minimum Gasteiger partial charge on any atom is -0.358 e. The molecule has 156 valence electrons. The molecule has 0 bridgehead atoms. The van der Waals surface area contributed by atoms with Crippen molar-refractivity contribution in [2.45, 2.75) is 0 Å².